The van der Waals surface area contributed by atoms with Crippen molar-refractivity contribution in [3.63, 3.8) is 0 Å². The van der Waals surface area contributed by atoms with E-state index in [1.165, 1.54) is 0 Å². The summed E-state index contributed by atoms with van der Waals surface area (Å²) in [5, 5.41) is 0. The van der Waals surface area contributed by atoms with Crippen molar-refractivity contribution in [1.29, 1.82) is 0 Å². The van der Waals surface area contributed by atoms with Crippen LogP contribution in [0.5, 0.6) is 0 Å². The molecule has 0 N–H and O–H groups in total. The zero-order chi connectivity index (χ0) is 24.3. The van der Waals surface area contributed by atoms with Gasteiger partial charge in [-0.25, -0.2) is 4.99 Å². The third-order valence-corrected chi connectivity index (χ3v) is 6.68. The highest BCUT2D eigenvalue weighted by atomic mass is 16.7. The maximum Gasteiger partial charge on any atom is 0.494 e. The summed E-state index contributed by atoms with van der Waals surface area (Å²) in [6.45, 7) is 14.6. The minimum absolute atomic E-state index is 0.353. The van der Waals surface area contributed by atoms with E-state index in [1.54, 1.807) is 0 Å². The molecule has 34 heavy (non-hydrogen) atoms. The Labute approximate surface area is 204 Å². The largest absolute Gasteiger partial charge is 0.494 e. The first-order chi connectivity index (χ1) is 16.2. The summed E-state index contributed by atoms with van der Waals surface area (Å²) in [6, 6.07) is 28.6. The Balaban J connectivity index is 1.61. The van der Waals surface area contributed by atoms with Gasteiger partial charge >= 0.3 is 7.12 Å². The topological polar surface area (TPSA) is 30.8 Å². The van der Waals surface area contributed by atoms with Crippen LogP contribution in [0.2, 0.25) is 0 Å². The fourth-order valence-corrected chi connectivity index (χ4v) is 3.80. The Morgan fingerprint density at radius 3 is 1.76 bits per heavy atom. The average Bonchev–Trinajstić information content (AvgIpc) is 3.06. The molecule has 3 nitrogen and oxygen atoms in total. The molecule has 1 fully saturated rings. The van der Waals surface area contributed by atoms with Crippen molar-refractivity contribution in [2.24, 2.45) is 4.99 Å². The first kappa shape index (κ1) is 23.9. The number of benzene rings is 3. The number of hydrogen-bond donors (Lipinski definition) is 0. The van der Waals surface area contributed by atoms with E-state index in [-0.39, 0.29) is 18.3 Å². The third-order valence-electron chi connectivity index (χ3n) is 6.68. The van der Waals surface area contributed by atoms with Crippen LogP contribution in [0.15, 0.2) is 103 Å². The van der Waals surface area contributed by atoms with Gasteiger partial charge in [-0.05, 0) is 62.9 Å². The van der Waals surface area contributed by atoms with E-state index in [9.17, 15) is 0 Å². The van der Waals surface area contributed by atoms with E-state index in [0.717, 1.165) is 39.1 Å². The molecule has 172 valence electrons. The molecule has 0 bridgehead atoms. The number of nitrogens with zero attached hydrogens (tertiary/aromatic N) is 1. The van der Waals surface area contributed by atoms with Gasteiger partial charge in [0.15, 0.2) is 0 Å². The summed E-state index contributed by atoms with van der Waals surface area (Å²) in [4.78, 5) is 4.90. The van der Waals surface area contributed by atoms with Gasteiger partial charge in [-0.15, -0.1) is 0 Å². The van der Waals surface area contributed by atoms with E-state index >= 15 is 0 Å². The van der Waals surface area contributed by atoms with E-state index in [1.807, 2.05) is 48.5 Å². The van der Waals surface area contributed by atoms with Crippen LogP contribution in [0.25, 0.3) is 11.3 Å². The summed E-state index contributed by atoms with van der Waals surface area (Å²) in [5.41, 5.74) is 6.22. The molecule has 0 aliphatic carbocycles. The molecular weight excluding hydrogens is 417 g/mol. The predicted molar refractivity (Wildman–Crippen MR) is 144 cm³/mol. The van der Waals surface area contributed by atoms with Gasteiger partial charge in [0.1, 0.15) is 0 Å². The molecule has 0 radical (unpaired) electrons. The van der Waals surface area contributed by atoms with Gasteiger partial charge in [-0.3, -0.25) is 0 Å². The predicted octanol–water partition coefficient (Wildman–Crippen LogP) is 6.55. The van der Waals surface area contributed by atoms with Crippen LogP contribution in [-0.4, -0.2) is 24.0 Å². The highest BCUT2D eigenvalue weighted by Crippen LogP contribution is 2.36. The summed E-state index contributed by atoms with van der Waals surface area (Å²) < 4.78 is 12.4. The zero-order valence-corrected chi connectivity index (χ0v) is 20.7. The van der Waals surface area contributed by atoms with Crippen molar-refractivity contribution in [3.8, 4) is 0 Å². The molecule has 4 heteroatoms. The van der Waals surface area contributed by atoms with Gasteiger partial charge in [0.2, 0.25) is 0 Å². The van der Waals surface area contributed by atoms with Crippen molar-refractivity contribution in [2.45, 2.75) is 45.8 Å². The summed E-state index contributed by atoms with van der Waals surface area (Å²) in [6.07, 6.45) is 2.12. The maximum absolute atomic E-state index is 6.19. The molecule has 0 aromatic heterocycles. The fourth-order valence-electron chi connectivity index (χ4n) is 3.80. The Morgan fingerprint density at radius 2 is 1.24 bits per heavy atom. The number of rotatable bonds is 6. The van der Waals surface area contributed by atoms with Gasteiger partial charge in [0, 0.05) is 5.56 Å². The number of aliphatic imine (C=N–C) groups is 1. The average molecular weight is 449 g/mol. The van der Waals surface area contributed by atoms with Crippen LogP contribution >= 0.6 is 0 Å². The Hall–Kier alpha value is -3.21. The lowest BCUT2D eigenvalue weighted by molar-refractivity contribution is 0.00578. The molecule has 1 aliphatic rings. The van der Waals surface area contributed by atoms with Crippen molar-refractivity contribution < 1.29 is 9.31 Å². The molecule has 4 rings (SSSR count). The summed E-state index contributed by atoms with van der Waals surface area (Å²) >= 11 is 0. The monoisotopic (exact) mass is 449 g/mol. The lowest BCUT2D eigenvalue weighted by atomic mass is 9.78. The Kier molecular flexibility index (Phi) is 6.74. The number of allylic oxidation sites excluding steroid dienone is 2. The number of hydrogen-bond acceptors (Lipinski definition) is 3. The summed E-state index contributed by atoms with van der Waals surface area (Å²) in [5.74, 6) is 0. The molecule has 3 aromatic rings. The standard InChI is InChI=1S/C30H32BNO2/c1-22(24-17-19-27(20-18-24)31-33-29(3,4)30(5,6)34-31)21-28(26-15-11-8-12-16-26)32-23(2)25-13-9-7-10-14-25/h7-21H,2H2,1,3-6H3/b22-21+,32-28?. The lowest BCUT2D eigenvalue weighted by Gasteiger charge is -2.32. The lowest BCUT2D eigenvalue weighted by Crippen LogP contribution is -2.41. The second kappa shape index (κ2) is 9.57. The van der Waals surface area contributed by atoms with Gasteiger partial charge in [-0.2, -0.15) is 0 Å². The van der Waals surface area contributed by atoms with E-state index in [2.05, 4.69) is 83.7 Å². The molecule has 1 saturated heterocycles. The molecular formula is C30H32BNO2. The van der Waals surface area contributed by atoms with Crippen LogP contribution in [0.4, 0.5) is 0 Å². The van der Waals surface area contributed by atoms with Gasteiger partial charge in [0.05, 0.1) is 22.6 Å². The fraction of sp³-hybridized carbons (Fsp3) is 0.233. The van der Waals surface area contributed by atoms with Gasteiger partial charge < -0.3 is 9.31 Å². The second-order valence-corrected chi connectivity index (χ2v) is 9.71. The molecule has 1 aliphatic heterocycles. The molecule has 1 heterocycles. The van der Waals surface area contributed by atoms with E-state index < -0.39 is 0 Å². The van der Waals surface area contributed by atoms with Crippen molar-refractivity contribution in [1.82, 2.24) is 0 Å². The normalized spacial score (nSPS) is 17.6. The van der Waals surface area contributed by atoms with Gasteiger partial charge in [-0.1, -0.05) is 91.5 Å². The van der Waals surface area contributed by atoms with Crippen LogP contribution < -0.4 is 5.46 Å². The van der Waals surface area contributed by atoms with Crippen molar-refractivity contribution >= 4 is 29.6 Å². The van der Waals surface area contributed by atoms with Crippen molar-refractivity contribution in [2.75, 3.05) is 0 Å². The van der Waals surface area contributed by atoms with Crippen LogP contribution in [0, 0.1) is 0 Å². The minimum atomic E-state index is -0.362. The van der Waals surface area contributed by atoms with E-state index in [4.69, 9.17) is 14.3 Å². The first-order valence-corrected chi connectivity index (χ1v) is 11.7. The smallest absolute Gasteiger partial charge is 0.399 e. The maximum atomic E-state index is 6.19. The van der Waals surface area contributed by atoms with E-state index in [0.29, 0.717) is 0 Å². The van der Waals surface area contributed by atoms with Crippen LogP contribution in [0.1, 0.15) is 51.3 Å². The molecule has 0 amide bonds. The van der Waals surface area contributed by atoms with Crippen molar-refractivity contribution in [3.05, 3.63) is 114 Å². The minimum Gasteiger partial charge on any atom is -0.399 e. The molecule has 0 spiro atoms. The first-order valence-electron chi connectivity index (χ1n) is 11.7. The Bertz CT molecular complexity index is 1190. The second-order valence-electron chi connectivity index (χ2n) is 9.71. The quantitative estimate of drug-likeness (QED) is 0.316. The zero-order valence-electron chi connectivity index (χ0n) is 20.7. The third kappa shape index (κ3) is 5.14. The Morgan fingerprint density at radius 1 is 0.735 bits per heavy atom. The highest BCUT2D eigenvalue weighted by molar-refractivity contribution is 6.62. The van der Waals surface area contributed by atoms with Crippen LogP contribution in [0.3, 0.4) is 0 Å². The SMILES string of the molecule is C=C(N=C(/C=C(\C)c1ccc(B2OC(C)(C)C(C)(C)O2)cc1)c1ccccc1)c1ccccc1. The van der Waals surface area contributed by atoms with Gasteiger partial charge in [0.25, 0.3) is 0 Å². The molecule has 0 atom stereocenters. The molecule has 0 saturated carbocycles. The summed E-state index contributed by atoms with van der Waals surface area (Å²) in [7, 11) is -0.362. The highest BCUT2D eigenvalue weighted by Gasteiger charge is 2.51. The van der Waals surface area contributed by atoms with Crippen LogP contribution in [-0.2, 0) is 9.31 Å². The molecule has 0 unspecified atom stereocenters. The molecule has 3 aromatic carbocycles.